The van der Waals surface area contributed by atoms with Crippen LogP contribution in [0, 0.1) is 5.82 Å². The van der Waals surface area contributed by atoms with E-state index in [-0.39, 0.29) is 36.1 Å². The second-order valence-corrected chi connectivity index (χ2v) is 7.09. The molecule has 130 valence electrons. The van der Waals surface area contributed by atoms with E-state index >= 15 is 0 Å². The number of nitrogens with zero attached hydrogens (tertiary/aromatic N) is 2. The molecule has 3 amide bonds. The highest BCUT2D eigenvalue weighted by molar-refractivity contribution is 7.14. The molecule has 6 nitrogen and oxygen atoms in total. The molecule has 0 bridgehead atoms. The zero-order chi connectivity index (χ0) is 17.4. The average Bonchev–Trinajstić information content (AvgIpc) is 2.97. The van der Waals surface area contributed by atoms with Gasteiger partial charge in [-0.25, -0.2) is 14.2 Å². The molecule has 25 heavy (non-hydrogen) atoms. The topological polar surface area (TPSA) is 74.3 Å². The van der Waals surface area contributed by atoms with Crippen LogP contribution in [0.4, 0.5) is 14.3 Å². The van der Waals surface area contributed by atoms with Crippen LogP contribution in [0.15, 0.2) is 29.6 Å². The van der Waals surface area contributed by atoms with E-state index < -0.39 is 0 Å². The van der Waals surface area contributed by atoms with Crippen molar-refractivity contribution in [3.8, 4) is 0 Å². The first kappa shape index (κ1) is 16.0. The second kappa shape index (κ2) is 6.44. The minimum absolute atomic E-state index is 0.0526. The number of aromatic nitrogens is 1. The van der Waals surface area contributed by atoms with Gasteiger partial charge >= 0.3 is 6.03 Å². The maximum Gasteiger partial charge on any atom is 0.323 e. The minimum atomic E-state index is -0.254. The SMILES string of the molecule is O=C(Cc1csc(N2CCNC2=O)n1)N[C@@H]1C[C@H]1c1cccc(F)c1. The number of carbonyl (C=O) groups is 2. The van der Waals surface area contributed by atoms with Gasteiger partial charge in [-0.05, 0) is 24.1 Å². The third kappa shape index (κ3) is 3.48. The number of carbonyl (C=O) groups excluding carboxylic acids is 2. The number of thiazole rings is 1. The number of hydrogen-bond acceptors (Lipinski definition) is 4. The van der Waals surface area contributed by atoms with Crippen LogP contribution >= 0.6 is 11.3 Å². The Balaban J connectivity index is 1.31. The molecule has 1 saturated heterocycles. The highest BCUT2D eigenvalue weighted by Crippen LogP contribution is 2.40. The fraction of sp³-hybridized carbons (Fsp3) is 0.353. The molecule has 1 aromatic heterocycles. The predicted octanol–water partition coefficient (Wildman–Crippen LogP) is 2.03. The third-order valence-electron chi connectivity index (χ3n) is 4.38. The lowest BCUT2D eigenvalue weighted by atomic mass is 10.1. The summed E-state index contributed by atoms with van der Waals surface area (Å²) >= 11 is 1.36. The van der Waals surface area contributed by atoms with Gasteiger partial charge in [-0.3, -0.25) is 9.69 Å². The molecule has 2 aromatic rings. The van der Waals surface area contributed by atoms with Crippen LogP contribution in [0.1, 0.15) is 23.6 Å². The predicted molar refractivity (Wildman–Crippen MR) is 92.3 cm³/mol. The Labute approximate surface area is 148 Å². The van der Waals surface area contributed by atoms with Crippen molar-refractivity contribution >= 4 is 28.4 Å². The smallest absolute Gasteiger partial charge is 0.323 e. The Bertz CT molecular complexity index is 824. The lowest BCUT2D eigenvalue weighted by Crippen LogP contribution is -2.29. The summed E-state index contributed by atoms with van der Waals surface area (Å²) in [6.45, 7) is 1.20. The minimum Gasteiger partial charge on any atom is -0.352 e. The summed E-state index contributed by atoms with van der Waals surface area (Å²) in [6.07, 6.45) is 1.00. The molecule has 1 aliphatic heterocycles. The van der Waals surface area contributed by atoms with Crippen LogP contribution < -0.4 is 15.5 Å². The van der Waals surface area contributed by atoms with Crippen molar-refractivity contribution < 1.29 is 14.0 Å². The highest BCUT2D eigenvalue weighted by Gasteiger charge is 2.39. The number of hydrogen-bond donors (Lipinski definition) is 2. The first-order chi connectivity index (χ1) is 12.1. The van der Waals surface area contributed by atoms with E-state index in [1.807, 2.05) is 6.07 Å². The Morgan fingerprint density at radius 1 is 1.48 bits per heavy atom. The van der Waals surface area contributed by atoms with Gasteiger partial charge in [0.25, 0.3) is 0 Å². The van der Waals surface area contributed by atoms with Crippen LogP contribution in [0.25, 0.3) is 0 Å². The van der Waals surface area contributed by atoms with Crippen molar-refractivity contribution in [2.45, 2.75) is 24.8 Å². The molecule has 0 unspecified atom stereocenters. The largest absolute Gasteiger partial charge is 0.352 e. The first-order valence-electron chi connectivity index (χ1n) is 8.15. The van der Waals surface area contributed by atoms with Gasteiger partial charge in [0.05, 0.1) is 12.1 Å². The molecule has 1 saturated carbocycles. The van der Waals surface area contributed by atoms with Crippen molar-refractivity contribution in [2.24, 2.45) is 0 Å². The van der Waals surface area contributed by atoms with E-state index in [1.54, 1.807) is 16.3 Å². The van der Waals surface area contributed by atoms with Crippen LogP contribution in [-0.2, 0) is 11.2 Å². The lowest BCUT2D eigenvalue weighted by Gasteiger charge is -2.08. The van der Waals surface area contributed by atoms with Gasteiger partial charge in [-0.15, -0.1) is 11.3 Å². The maximum atomic E-state index is 13.3. The van der Waals surface area contributed by atoms with Crippen molar-refractivity contribution in [1.29, 1.82) is 0 Å². The number of halogens is 1. The van der Waals surface area contributed by atoms with E-state index in [0.29, 0.717) is 23.9 Å². The molecule has 2 aliphatic rings. The van der Waals surface area contributed by atoms with E-state index in [2.05, 4.69) is 15.6 Å². The Kier molecular flexibility index (Phi) is 4.12. The standard InChI is InChI=1S/C17H17FN4O2S/c18-11-3-1-2-10(6-11)13-8-14(13)21-15(23)7-12-9-25-17(20-12)22-5-4-19-16(22)24/h1-3,6,9,13-14H,4-5,7-8H2,(H,19,24)(H,21,23)/t13-,14+/m0/s1. The summed E-state index contributed by atoms with van der Waals surface area (Å²) in [6, 6.07) is 6.41. The summed E-state index contributed by atoms with van der Waals surface area (Å²) in [7, 11) is 0. The highest BCUT2D eigenvalue weighted by atomic mass is 32.1. The van der Waals surface area contributed by atoms with Gasteiger partial charge in [0, 0.05) is 30.4 Å². The zero-order valence-corrected chi connectivity index (χ0v) is 14.2. The number of benzene rings is 1. The van der Waals surface area contributed by atoms with E-state index in [4.69, 9.17) is 0 Å². The van der Waals surface area contributed by atoms with Crippen molar-refractivity contribution in [2.75, 3.05) is 18.0 Å². The van der Waals surface area contributed by atoms with Gasteiger partial charge in [0.15, 0.2) is 5.13 Å². The molecule has 0 spiro atoms. The van der Waals surface area contributed by atoms with Gasteiger partial charge in [0.1, 0.15) is 5.82 Å². The number of nitrogens with one attached hydrogen (secondary N) is 2. The fourth-order valence-electron chi connectivity index (χ4n) is 3.04. The van der Waals surface area contributed by atoms with Crippen molar-refractivity contribution in [3.05, 3.63) is 46.7 Å². The summed E-state index contributed by atoms with van der Waals surface area (Å²) in [4.78, 5) is 29.8. The second-order valence-electron chi connectivity index (χ2n) is 6.25. The lowest BCUT2D eigenvalue weighted by molar-refractivity contribution is -0.120. The summed E-state index contributed by atoms with van der Waals surface area (Å²) in [5, 5.41) is 8.11. The number of anilines is 1. The van der Waals surface area contributed by atoms with Crippen LogP contribution in [0.2, 0.25) is 0 Å². The zero-order valence-electron chi connectivity index (χ0n) is 13.4. The molecule has 2 atom stereocenters. The fourth-order valence-corrected chi connectivity index (χ4v) is 3.89. The molecule has 0 radical (unpaired) electrons. The summed E-state index contributed by atoms with van der Waals surface area (Å²) in [5.74, 6) is -0.180. The quantitative estimate of drug-likeness (QED) is 0.857. The van der Waals surface area contributed by atoms with Gasteiger partial charge in [-0.2, -0.15) is 0 Å². The van der Waals surface area contributed by atoms with Gasteiger partial charge in [0.2, 0.25) is 5.91 Å². The molecule has 2 heterocycles. The molecule has 4 rings (SSSR count). The third-order valence-corrected chi connectivity index (χ3v) is 5.30. The summed E-state index contributed by atoms with van der Waals surface area (Å²) < 4.78 is 13.3. The van der Waals surface area contributed by atoms with Crippen molar-refractivity contribution in [1.82, 2.24) is 15.6 Å². The van der Waals surface area contributed by atoms with E-state index in [9.17, 15) is 14.0 Å². The molecule has 2 N–H and O–H groups in total. The Morgan fingerprint density at radius 3 is 3.12 bits per heavy atom. The number of urea groups is 1. The molecular weight excluding hydrogens is 343 g/mol. The maximum absolute atomic E-state index is 13.3. The molecule has 1 aliphatic carbocycles. The van der Waals surface area contributed by atoms with Crippen LogP contribution in [-0.4, -0.2) is 36.1 Å². The first-order valence-corrected chi connectivity index (χ1v) is 9.03. The average molecular weight is 360 g/mol. The molecule has 8 heteroatoms. The monoisotopic (exact) mass is 360 g/mol. The van der Waals surface area contributed by atoms with Crippen LogP contribution in [0.5, 0.6) is 0 Å². The van der Waals surface area contributed by atoms with E-state index in [0.717, 1.165) is 12.0 Å². The number of rotatable bonds is 5. The van der Waals surface area contributed by atoms with Gasteiger partial charge in [-0.1, -0.05) is 12.1 Å². The molecular formula is C17H17FN4O2S. The number of amides is 3. The van der Waals surface area contributed by atoms with Gasteiger partial charge < -0.3 is 10.6 Å². The van der Waals surface area contributed by atoms with Crippen LogP contribution in [0.3, 0.4) is 0 Å². The Morgan fingerprint density at radius 2 is 2.36 bits per heavy atom. The molecule has 1 aromatic carbocycles. The Hall–Kier alpha value is -2.48. The van der Waals surface area contributed by atoms with E-state index in [1.165, 1.54) is 23.5 Å². The van der Waals surface area contributed by atoms with Crippen molar-refractivity contribution in [3.63, 3.8) is 0 Å². The molecule has 2 fully saturated rings. The summed E-state index contributed by atoms with van der Waals surface area (Å²) in [5.41, 5.74) is 1.57. The normalized spacial score (nSPS) is 22.0.